The van der Waals surface area contributed by atoms with E-state index in [2.05, 4.69) is 15.4 Å². The number of hydrogen-bond donors (Lipinski definition) is 6. The molecule has 13 heteroatoms. The number of carbonyl (C=O) groups excluding carboxylic acids is 2. The lowest BCUT2D eigenvalue weighted by Gasteiger charge is -2.33. The number of hydrogen-bond acceptors (Lipinski definition) is 6. The van der Waals surface area contributed by atoms with E-state index < -0.39 is 40.4 Å². The van der Waals surface area contributed by atoms with Crippen LogP contribution in [0, 0.1) is 11.3 Å². The fourth-order valence-electron chi connectivity index (χ4n) is 4.74. The number of likely N-dealkylation sites (tertiary alicyclic amines) is 1. The molecule has 3 aromatic rings. The van der Waals surface area contributed by atoms with Crippen LogP contribution in [0.25, 0.3) is 10.8 Å². The quantitative estimate of drug-likeness (QED) is 0.153. The number of aromatic carboxylic acids is 1. The van der Waals surface area contributed by atoms with Gasteiger partial charge in [-0.2, -0.15) is 0 Å². The first kappa shape index (κ1) is 29.5. The smallest absolute Gasteiger partial charge is 0.336 e. The number of guanidine groups is 1. The summed E-state index contributed by atoms with van der Waals surface area (Å²) in [4.78, 5) is 39.7. The first-order valence-electron chi connectivity index (χ1n) is 13.0. The molecule has 41 heavy (non-hydrogen) atoms. The van der Waals surface area contributed by atoms with Crippen LogP contribution in [0.2, 0.25) is 0 Å². The first-order valence-corrected chi connectivity index (χ1v) is 14.5. The normalized spacial score (nSPS) is 16.1. The van der Waals surface area contributed by atoms with Gasteiger partial charge in [0.2, 0.25) is 15.9 Å². The number of nitrogens with one attached hydrogen (secondary N) is 4. The highest BCUT2D eigenvalue weighted by atomic mass is 32.2. The molecule has 0 aliphatic carbocycles. The van der Waals surface area contributed by atoms with Crippen molar-refractivity contribution >= 4 is 44.5 Å². The lowest BCUT2D eigenvalue weighted by molar-refractivity contribution is -0.123. The molecule has 0 radical (unpaired) electrons. The average molecular weight is 581 g/mol. The minimum atomic E-state index is -4.07. The Morgan fingerprint density at radius 3 is 2.41 bits per heavy atom. The van der Waals surface area contributed by atoms with Gasteiger partial charge in [-0.3, -0.25) is 15.0 Å². The number of carbonyl (C=O) groups is 3. The summed E-state index contributed by atoms with van der Waals surface area (Å²) in [5.41, 5.74) is 5.18. The number of benzene rings is 3. The van der Waals surface area contributed by atoms with Crippen LogP contribution in [0.5, 0.6) is 0 Å². The molecule has 4 rings (SSSR count). The van der Waals surface area contributed by atoms with Crippen LogP contribution in [0.3, 0.4) is 0 Å². The number of fused-ring (bicyclic) bond motifs is 1. The third-order valence-electron chi connectivity index (χ3n) is 6.96. The minimum absolute atomic E-state index is 0.00465. The highest BCUT2D eigenvalue weighted by molar-refractivity contribution is 7.89. The Kier molecular flexibility index (Phi) is 9.20. The summed E-state index contributed by atoms with van der Waals surface area (Å²) in [5, 5.41) is 24.0. The maximum absolute atomic E-state index is 13.3. The second kappa shape index (κ2) is 12.8. The Morgan fingerprint density at radius 1 is 1.02 bits per heavy atom. The first-order chi connectivity index (χ1) is 19.5. The van der Waals surface area contributed by atoms with E-state index in [1.54, 1.807) is 23.1 Å². The molecular formula is C28H32N6O6S. The van der Waals surface area contributed by atoms with E-state index in [9.17, 15) is 27.9 Å². The Labute approximate surface area is 237 Å². The molecule has 0 aromatic heterocycles. The molecule has 0 spiro atoms. The van der Waals surface area contributed by atoms with E-state index in [4.69, 9.17) is 11.1 Å². The summed E-state index contributed by atoms with van der Waals surface area (Å²) in [6.07, 6.45) is 1.58. The number of piperidine rings is 1. The molecule has 216 valence electrons. The maximum atomic E-state index is 13.3. The molecule has 2 atom stereocenters. The molecule has 1 aliphatic rings. The summed E-state index contributed by atoms with van der Waals surface area (Å²) in [7, 11) is -4.07. The van der Waals surface area contributed by atoms with Crippen molar-refractivity contribution in [3.63, 3.8) is 0 Å². The standard InChI is InChI=1S/C28H32N6O6S/c29-28(30)34-13-5-6-18(17-34)15-31-26(36)24(33-25(35)22-9-3-4-10-23(22)27(37)38)16-32-41(39,40)21-12-11-19-7-1-2-8-20(19)14-21/h1-4,7-12,14,18,24,32H,5-6,13,15-17H2,(H3,29,30)(H,31,36)(H,33,35)(H,37,38)/t18?,24-/m0/s1. The van der Waals surface area contributed by atoms with E-state index in [0.29, 0.717) is 13.1 Å². The zero-order chi connectivity index (χ0) is 29.6. The minimum Gasteiger partial charge on any atom is -0.478 e. The maximum Gasteiger partial charge on any atom is 0.336 e. The van der Waals surface area contributed by atoms with Crippen molar-refractivity contribution < 1.29 is 27.9 Å². The summed E-state index contributed by atoms with van der Waals surface area (Å²) < 4.78 is 28.7. The van der Waals surface area contributed by atoms with Gasteiger partial charge >= 0.3 is 5.97 Å². The van der Waals surface area contributed by atoms with Gasteiger partial charge in [0.1, 0.15) is 6.04 Å². The molecule has 2 amide bonds. The zero-order valence-electron chi connectivity index (χ0n) is 22.2. The number of nitrogens with zero attached hydrogens (tertiary/aromatic N) is 1. The SMILES string of the molecule is N=C(N)N1CCCC(CNC(=O)[C@H](CNS(=O)(=O)c2ccc3ccccc3c2)NC(=O)c2ccccc2C(=O)O)C1. The van der Waals surface area contributed by atoms with E-state index in [-0.39, 0.29) is 34.4 Å². The van der Waals surface area contributed by atoms with Crippen LogP contribution in [0.1, 0.15) is 33.6 Å². The van der Waals surface area contributed by atoms with Gasteiger partial charge in [-0.1, -0.05) is 42.5 Å². The average Bonchev–Trinajstić information content (AvgIpc) is 2.97. The van der Waals surface area contributed by atoms with Gasteiger partial charge in [0, 0.05) is 26.2 Å². The van der Waals surface area contributed by atoms with Crippen molar-refractivity contribution in [3.8, 4) is 0 Å². The van der Waals surface area contributed by atoms with Crippen molar-refractivity contribution in [2.24, 2.45) is 11.7 Å². The van der Waals surface area contributed by atoms with Gasteiger partial charge in [-0.05, 0) is 53.8 Å². The highest BCUT2D eigenvalue weighted by Gasteiger charge is 2.28. The Morgan fingerprint density at radius 2 is 1.71 bits per heavy atom. The molecule has 7 N–H and O–H groups in total. The van der Waals surface area contributed by atoms with Gasteiger partial charge in [0.15, 0.2) is 5.96 Å². The molecule has 1 heterocycles. The number of carboxylic acids is 1. The van der Waals surface area contributed by atoms with E-state index >= 15 is 0 Å². The predicted octanol–water partition coefficient (Wildman–Crippen LogP) is 1.34. The van der Waals surface area contributed by atoms with Crippen molar-refractivity contribution in [1.82, 2.24) is 20.3 Å². The molecular weight excluding hydrogens is 548 g/mol. The van der Waals surface area contributed by atoms with Crippen molar-refractivity contribution in [1.29, 1.82) is 5.41 Å². The summed E-state index contributed by atoms with van der Waals surface area (Å²) in [6, 6.07) is 16.1. The Bertz CT molecular complexity index is 1580. The van der Waals surface area contributed by atoms with Crippen LogP contribution in [-0.4, -0.2) is 74.4 Å². The summed E-state index contributed by atoms with van der Waals surface area (Å²) in [6.45, 7) is 0.871. The third kappa shape index (κ3) is 7.38. The van der Waals surface area contributed by atoms with Crippen molar-refractivity contribution in [3.05, 3.63) is 77.9 Å². The van der Waals surface area contributed by atoms with E-state index in [1.165, 1.54) is 36.4 Å². The number of carboxylic acid groups (broad SMARTS) is 1. The summed E-state index contributed by atoms with van der Waals surface area (Å²) >= 11 is 0. The molecule has 12 nitrogen and oxygen atoms in total. The topological polar surface area (TPSA) is 195 Å². The molecule has 3 aromatic carbocycles. The second-order valence-electron chi connectivity index (χ2n) is 9.82. The Balaban J connectivity index is 1.51. The van der Waals surface area contributed by atoms with Gasteiger partial charge in [0.05, 0.1) is 16.0 Å². The van der Waals surface area contributed by atoms with Gasteiger partial charge in [-0.25, -0.2) is 17.9 Å². The van der Waals surface area contributed by atoms with Crippen LogP contribution in [0.15, 0.2) is 71.6 Å². The van der Waals surface area contributed by atoms with Crippen LogP contribution in [0.4, 0.5) is 0 Å². The van der Waals surface area contributed by atoms with Crippen LogP contribution >= 0.6 is 0 Å². The Hall–Kier alpha value is -4.49. The number of sulfonamides is 1. The van der Waals surface area contributed by atoms with E-state index in [0.717, 1.165) is 23.6 Å². The lowest BCUT2D eigenvalue weighted by atomic mass is 9.98. The summed E-state index contributed by atoms with van der Waals surface area (Å²) in [5.74, 6) is -2.86. The van der Waals surface area contributed by atoms with E-state index in [1.807, 2.05) is 12.1 Å². The molecule has 0 saturated carbocycles. The fourth-order valence-corrected chi connectivity index (χ4v) is 5.82. The fraction of sp³-hybridized carbons (Fsp3) is 0.286. The predicted molar refractivity (Wildman–Crippen MR) is 153 cm³/mol. The lowest BCUT2D eigenvalue weighted by Crippen LogP contribution is -2.54. The monoisotopic (exact) mass is 580 g/mol. The largest absolute Gasteiger partial charge is 0.478 e. The molecule has 1 unspecified atom stereocenters. The zero-order valence-corrected chi connectivity index (χ0v) is 23.0. The molecule has 0 bridgehead atoms. The third-order valence-corrected chi connectivity index (χ3v) is 8.38. The van der Waals surface area contributed by atoms with Crippen LogP contribution < -0.4 is 21.1 Å². The molecule has 1 fully saturated rings. The highest BCUT2D eigenvalue weighted by Crippen LogP contribution is 2.19. The number of rotatable bonds is 10. The van der Waals surface area contributed by atoms with Gasteiger partial charge in [0.25, 0.3) is 5.91 Å². The molecule has 1 saturated heterocycles. The van der Waals surface area contributed by atoms with Gasteiger partial charge in [-0.15, -0.1) is 0 Å². The number of nitrogens with two attached hydrogens (primary N) is 1. The van der Waals surface area contributed by atoms with Crippen molar-refractivity contribution in [2.75, 3.05) is 26.2 Å². The second-order valence-corrected chi connectivity index (χ2v) is 11.6. The van der Waals surface area contributed by atoms with Gasteiger partial charge < -0.3 is 26.4 Å². The van der Waals surface area contributed by atoms with Crippen molar-refractivity contribution in [2.45, 2.75) is 23.8 Å². The van der Waals surface area contributed by atoms with Crippen LogP contribution in [-0.2, 0) is 14.8 Å². The molecule has 1 aliphatic heterocycles. The number of amides is 2.